The predicted octanol–water partition coefficient (Wildman–Crippen LogP) is 5.93. The van der Waals surface area contributed by atoms with E-state index in [1.807, 2.05) is 31.2 Å². The topological polar surface area (TPSA) is 103 Å². The van der Waals surface area contributed by atoms with Crippen LogP contribution in [-0.2, 0) is 4.79 Å². The molecule has 0 unspecified atom stereocenters. The second-order valence-corrected chi connectivity index (χ2v) is 8.52. The van der Waals surface area contributed by atoms with Gasteiger partial charge in [0, 0.05) is 17.7 Å². The van der Waals surface area contributed by atoms with Gasteiger partial charge in [0.1, 0.15) is 28.9 Å². The van der Waals surface area contributed by atoms with Gasteiger partial charge in [-0.1, -0.05) is 23.7 Å². The van der Waals surface area contributed by atoms with E-state index in [1.54, 1.807) is 18.2 Å². The smallest absolute Gasteiger partial charge is 0.293 e. The van der Waals surface area contributed by atoms with Crippen LogP contribution in [0.3, 0.4) is 0 Å². The molecule has 2 amide bonds. The van der Waals surface area contributed by atoms with E-state index >= 15 is 0 Å². The fraction of sp³-hybridized carbons (Fsp3) is 0.130. The maximum Gasteiger partial charge on any atom is 0.293 e. The van der Waals surface area contributed by atoms with Crippen molar-refractivity contribution in [3.63, 3.8) is 0 Å². The molecule has 3 aromatic rings. The molecule has 2 aromatic carbocycles. The zero-order chi connectivity index (χ0) is 23.5. The molecule has 0 aliphatic carbocycles. The molecular formula is C23H17ClN2O6S. The van der Waals surface area contributed by atoms with Crippen LogP contribution in [0.1, 0.15) is 11.3 Å². The summed E-state index contributed by atoms with van der Waals surface area (Å²) in [5.41, 5.74) is 1.28. The summed E-state index contributed by atoms with van der Waals surface area (Å²) in [6, 6.07) is 15.1. The monoisotopic (exact) mass is 484 g/mol. The molecule has 0 spiro atoms. The van der Waals surface area contributed by atoms with Gasteiger partial charge in [0.05, 0.1) is 16.4 Å². The van der Waals surface area contributed by atoms with E-state index in [4.69, 9.17) is 20.8 Å². The van der Waals surface area contributed by atoms with Crippen LogP contribution in [0.25, 0.3) is 17.4 Å². The van der Waals surface area contributed by atoms with Crippen molar-refractivity contribution in [2.24, 2.45) is 0 Å². The average Bonchev–Trinajstić information content (AvgIpc) is 3.34. The molecule has 1 aliphatic heterocycles. The van der Waals surface area contributed by atoms with Gasteiger partial charge in [-0.2, -0.15) is 0 Å². The highest BCUT2D eigenvalue weighted by atomic mass is 35.5. The van der Waals surface area contributed by atoms with Crippen molar-refractivity contribution in [1.29, 1.82) is 0 Å². The van der Waals surface area contributed by atoms with Crippen molar-refractivity contribution < 1.29 is 23.7 Å². The van der Waals surface area contributed by atoms with Crippen LogP contribution >= 0.6 is 23.4 Å². The minimum atomic E-state index is -0.575. The Labute approximate surface area is 197 Å². The van der Waals surface area contributed by atoms with E-state index in [0.717, 1.165) is 22.2 Å². The van der Waals surface area contributed by atoms with Crippen molar-refractivity contribution in [1.82, 2.24) is 4.90 Å². The number of nitrogens with zero attached hydrogens (tertiary/aromatic N) is 2. The summed E-state index contributed by atoms with van der Waals surface area (Å²) in [4.78, 5) is 36.9. The first-order valence-corrected chi connectivity index (χ1v) is 11.0. The van der Waals surface area contributed by atoms with Gasteiger partial charge >= 0.3 is 0 Å². The van der Waals surface area contributed by atoms with Crippen LogP contribution in [0.4, 0.5) is 10.5 Å². The Morgan fingerprint density at radius 3 is 2.76 bits per heavy atom. The second kappa shape index (κ2) is 9.51. The standard InChI is InChI=1S/C23H17ClN2O6S/c1-14-3-2-4-16(11-14)31-10-9-25-22(27)21(33-23(25)28)13-17-6-8-20(32-17)15-5-7-18(24)19(12-15)26(29)30/h2-8,11-13H,9-10H2,1H3/b21-13-. The molecule has 8 nitrogen and oxygen atoms in total. The van der Waals surface area contributed by atoms with Gasteiger partial charge < -0.3 is 9.15 Å². The maximum absolute atomic E-state index is 12.7. The van der Waals surface area contributed by atoms with Gasteiger partial charge in [-0.3, -0.25) is 24.6 Å². The van der Waals surface area contributed by atoms with Gasteiger partial charge in [0.15, 0.2) is 0 Å². The number of furan rings is 1. The normalized spacial score (nSPS) is 14.8. The minimum Gasteiger partial charge on any atom is -0.492 e. The number of hydrogen-bond acceptors (Lipinski definition) is 7. The summed E-state index contributed by atoms with van der Waals surface area (Å²) in [5.74, 6) is 0.942. The number of amides is 2. The molecule has 1 fully saturated rings. The zero-order valence-electron chi connectivity index (χ0n) is 17.3. The predicted molar refractivity (Wildman–Crippen MR) is 125 cm³/mol. The molecule has 2 heterocycles. The third kappa shape index (κ3) is 5.10. The number of halogens is 1. The van der Waals surface area contributed by atoms with Gasteiger partial charge in [-0.05, 0) is 60.6 Å². The van der Waals surface area contributed by atoms with Crippen molar-refractivity contribution in [2.75, 3.05) is 13.2 Å². The van der Waals surface area contributed by atoms with Gasteiger partial charge in [-0.25, -0.2) is 0 Å². The lowest BCUT2D eigenvalue weighted by Gasteiger charge is -2.13. The molecule has 1 aromatic heterocycles. The lowest BCUT2D eigenvalue weighted by molar-refractivity contribution is -0.384. The molecule has 0 atom stereocenters. The molecule has 1 aliphatic rings. The largest absolute Gasteiger partial charge is 0.492 e. The average molecular weight is 485 g/mol. The van der Waals surface area contributed by atoms with Crippen LogP contribution in [0.2, 0.25) is 5.02 Å². The van der Waals surface area contributed by atoms with Crippen molar-refractivity contribution >= 4 is 46.3 Å². The van der Waals surface area contributed by atoms with Crippen LogP contribution < -0.4 is 4.74 Å². The lowest BCUT2D eigenvalue weighted by atomic mass is 10.1. The summed E-state index contributed by atoms with van der Waals surface area (Å²) >= 11 is 6.67. The van der Waals surface area contributed by atoms with Crippen molar-refractivity contribution in [3.05, 3.63) is 86.0 Å². The first-order valence-electron chi connectivity index (χ1n) is 9.81. The Bertz CT molecular complexity index is 1290. The molecule has 33 heavy (non-hydrogen) atoms. The quantitative estimate of drug-likeness (QED) is 0.232. The number of thioether (sulfide) groups is 1. The second-order valence-electron chi connectivity index (χ2n) is 7.12. The Morgan fingerprint density at radius 1 is 1.18 bits per heavy atom. The van der Waals surface area contributed by atoms with Crippen LogP contribution in [0, 0.1) is 17.0 Å². The van der Waals surface area contributed by atoms with E-state index in [-0.39, 0.29) is 34.0 Å². The van der Waals surface area contributed by atoms with E-state index in [1.165, 1.54) is 18.2 Å². The number of benzene rings is 2. The first kappa shape index (κ1) is 22.6. The zero-order valence-corrected chi connectivity index (χ0v) is 18.9. The molecule has 10 heteroatoms. The highest BCUT2D eigenvalue weighted by molar-refractivity contribution is 8.18. The van der Waals surface area contributed by atoms with E-state index in [0.29, 0.717) is 22.8 Å². The molecule has 0 radical (unpaired) electrons. The molecular weight excluding hydrogens is 468 g/mol. The third-order valence-corrected chi connectivity index (χ3v) is 6.00. The summed E-state index contributed by atoms with van der Waals surface area (Å²) in [6.45, 7) is 2.24. The fourth-order valence-corrected chi connectivity index (χ4v) is 4.20. The third-order valence-electron chi connectivity index (χ3n) is 4.77. The van der Waals surface area contributed by atoms with Crippen LogP contribution in [-0.4, -0.2) is 34.1 Å². The molecule has 1 saturated heterocycles. The summed E-state index contributed by atoms with van der Waals surface area (Å²) in [5, 5.41) is 10.7. The van der Waals surface area contributed by atoms with Crippen LogP contribution in [0.15, 0.2) is 63.9 Å². The van der Waals surface area contributed by atoms with Gasteiger partial charge in [0.25, 0.3) is 16.8 Å². The highest BCUT2D eigenvalue weighted by Crippen LogP contribution is 2.34. The number of rotatable bonds is 7. The highest BCUT2D eigenvalue weighted by Gasteiger charge is 2.35. The lowest BCUT2D eigenvalue weighted by Crippen LogP contribution is -2.32. The summed E-state index contributed by atoms with van der Waals surface area (Å²) < 4.78 is 11.3. The van der Waals surface area contributed by atoms with E-state index in [9.17, 15) is 19.7 Å². The Hall–Kier alpha value is -3.56. The first-order chi connectivity index (χ1) is 15.8. The van der Waals surface area contributed by atoms with Crippen LogP contribution in [0.5, 0.6) is 5.75 Å². The number of nitro benzene ring substituents is 1. The number of hydrogen-bond donors (Lipinski definition) is 0. The SMILES string of the molecule is Cc1cccc(OCCN2C(=O)S/C(=C\c3ccc(-c4ccc(Cl)c([N+](=O)[O-])c4)o3)C2=O)c1. The Balaban J connectivity index is 1.44. The van der Waals surface area contributed by atoms with Gasteiger partial charge in [-0.15, -0.1) is 0 Å². The van der Waals surface area contributed by atoms with Gasteiger partial charge in [0.2, 0.25) is 0 Å². The summed E-state index contributed by atoms with van der Waals surface area (Å²) in [6.07, 6.45) is 1.47. The number of nitro groups is 1. The number of carbonyl (C=O) groups is 2. The molecule has 168 valence electrons. The number of carbonyl (C=O) groups excluding carboxylic acids is 2. The molecule has 4 rings (SSSR count). The molecule has 0 bridgehead atoms. The number of ether oxygens (including phenoxy) is 1. The summed E-state index contributed by atoms with van der Waals surface area (Å²) in [7, 11) is 0. The Morgan fingerprint density at radius 2 is 2.00 bits per heavy atom. The minimum absolute atomic E-state index is 0.0237. The number of imide groups is 1. The van der Waals surface area contributed by atoms with E-state index < -0.39 is 10.8 Å². The van der Waals surface area contributed by atoms with Crippen molar-refractivity contribution in [2.45, 2.75) is 6.92 Å². The van der Waals surface area contributed by atoms with Crippen molar-refractivity contribution in [3.8, 4) is 17.1 Å². The number of aryl methyl sites for hydroxylation is 1. The Kier molecular flexibility index (Phi) is 6.52. The molecule has 0 N–H and O–H groups in total. The van der Waals surface area contributed by atoms with E-state index in [2.05, 4.69) is 0 Å². The fourth-order valence-electron chi connectivity index (χ4n) is 3.17. The molecule has 0 saturated carbocycles. The maximum atomic E-state index is 12.7.